The van der Waals surface area contributed by atoms with E-state index in [9.17, 15) is 0 Å². The first kappa shape index (κ1) is 30.4. The van der Waals surface area contributed by atoms with E-state index in [-0.39, 0.29) is 12.1 Å². The standard InChI is InChI=1S/C45H36BNO3S/c1-25-11-16-29(17-12-25)47(30-18-13-26(2)14-19-30)34-24-33-42(39-31-9-7-8-10-35(31)48-43(34)39)50-37-22-27(3)21-36-40(37)46(33)44-41(49-36)32-23-28(45(4,5)6)15-20-38(32)51-44/h7-24H,1-6H3. The highest BCUT2D eigenvalue weighted by Gasteiger charge is 2.44. The Morgan fingerprint density at radius 2 is 1.29 bits per heavy atom. The molecule has 51 heavy (non-hydrogen) atoms. The van der Waals surface area contributed by atoms with Gasteiger partial charge in [-0.3, -0.25) is 0 Å². The van der Waals surface area contributed by atoms with E-state index in [2.05, 4.69) is 150 Å². The molecule has 2 aliphatic heterocycles. The van der Waals surface area contributed by atoms with Gasteiger partial charge in [-0.15, -0.1) is 11.3 Å². The van der Waals surface area contributed by atoms with Crippen molar-refractivity contribution in [2.24, 2.45) is 0 Å². The van der Waals surface area contributed by atoms with Crippen molar-refractivity contribution in [2.45, 2.75) is 47.0 Å². The number of furan rings is 1. The molecule has 4 nitrogen and oxygen atoms in total. The third-order valence-corrected chi connectivity index (χ3v) is 11.7. The van der Waals surface area contributed by atoms with E-state index in [1.165, 1.54) is 31.6 Å². The van der Waals surface area contributed by atoms with Gasteiger partial charge in [-0.2, -0.15) is 0 Å². The molecule has 0 spiro atoms. The van der Waals surface area contributed by atoms with Gasteiger partial charge in [0.2, 0.25) is 0 Å². The molecule has 10 rings (SSSR count). The van der Waals surface area contributed by atoms with Crippen LogP contribution >= 0.6 is 11.3 Å². The third-order valence-electron chi connectivity index (χ3n) is 10.5. The fraction of sp³-hybridized carbons (Fsp3) is 0.156. The Hall–Kier alpha value is -5.46. The maximum Gasteiger partial charge on any atom is 0.273 e. The van der Waals surface area contributed by atoms with Gasteiger partial charge in [-0.1, -0.05) is 80.4 Å². The van der Waals surface area contributed by atoms with E-state index in [1.807, 2.05) is 17.4 Å². The lowest BCUT2D eigenvalue weighted by Crippen LogP contribution is -2.56. The minimum atomic E-state index is -0.0896. The number of nitrogens with zero attached hydrogens (tertiary/aromatic N) is 1. The predicted octanol–water partition coefficient (Wildman–Crippen LogP) is 11.2. The molecule has 0 aliphatic carbocycles. The van der Waals surface area contributed by atoms with Crippen LogP contribution in [0.3, 0.4) is 0 Å². The largest absolute Gasteiger partial charge is 0.457 e. The minimum absolute atomic E-state index is 0.0167. The van der Waals surface area contributed by atoms with E-state index < -0.39 is 0 Å². The highest BCUT2D eigenvalue weighted by atomic mass is 32.1. The molecule has 0 unspecified atom stereocenters. The van der Waals surface area contributed by atoms with Crippen LogP contribution in [-0.4, -0.2) is 6.71 Å². The number of rotatable bonds is 3. The van der Waals surface area contributed by atoms with Crippen LogP contribution in [0, 0.1) is 20.8 Å². The van der Waals surface area contributed by atoms with E-state index in [4.69, 9.17) is 13.9 Å². The number of para-hydroxylation sites is 1. The van der Waals surface area contributed by atoms with Crippen LogP contribution in [0.2, 0.25) is 0 Å². The zero-order chi connectivity index (χ0) is 34.8. The van der Waals surface area contributed by atoms with Gasteiger partial charge in [-0.05, 0) is 103 Å². The van der Waals surface area contributed by atoms with Crippen LogP contribution in [0.15, 0.2) is 114 Å². The number of fused-ring (bicyclic) bond motifs is 10. The van der Waals surface area contributed by atoms with E-state index in [0.29, 0.717) is 0 Å². The average Bonchev–Trinajstić information content (AvgIpc) is 3.68. The monoisotopic (exact) mass is 681 g/mol. The van der Waals surface area contributed by atoms with Gasteiger partial charge < -0.3 is 18.8 Å². The molecule has 0 N–H and O–H groups in total. The smallest absolute Gasteiger partial charge is 0.273 e. The van der Waals surface area contributed by atoms with Crippen molar-refractivity contribution in [1.29, 1.82) is 0 Å². The topological polar surface area (TPSA) is 34.8 Å². The summed E-state index contributed by atoms with van der Waals surface area (Å²) in [6.45, 7) is 13.1. The molecule has 0 amide bonds. The fourth-order valence-corrected chi connectivity index (χ4v) is 9.11. The molecule has 6 heteroatoms. The van der Waals surface area contributed by atoms with Crippen molar-refractivity contribution < 1.29 is 13.9 Å². The van der Waals surface area contributed by atoms with Gasteiger partial charge in [0, 0.05) is 37.1 Å². The lowest BCUT2D eigenvalue weighted by Gasteiger charge is -2.33. The Morgan fingerprint density at radius 3 is 1.96 bits per heavy atom. The normalized spacial score (nSPS) is 13.2. The molecule has 248 valence electrons. The number of hydrogen-bond acceptors (Lipinski definition) is 5. The van der Waals surface area contributed by atoms with Crippen LogP contribution in [0.4, 0.5) is 17.1 Å². The van der Waals surface area contributed by atoms with Gasteiger partial charge in [0.25, 0.3) is 6.71 Å². The summed E-state index contributed by atoms with van der Waals surface area (Å²) in [4.78, 5) is 2.33. The number of hydrogen-bond donors (Lipinski definition) is 0. The predicted molar refractivity (Wildman–Crippen MR) is 214 cm³/mol. The van der Waals surface area contributed by atoms with E-state index >= 15 is 0 Å². The summed E-state index contributed by atoms with van der Waals surface area (Å²) in [5.41, 5.74) is 11.7. The second kappa shape index (κ2) is 10.8. The summed E-state index contributed by atoms with van der Waals surface area (Å²) in [6.07, 6.45) is 0. The van der Waals surface area contributed by atoms with Crippen LogP contribution < -0.4 is 30.1 Å². The summed E-state index contributed by atoms with van der Waals surface area (Å²) < 4.78 is 23.3. The van der Waals surface area contributed by atoms with Crippen molar-refractivity contribution >= 4 is 82.8 Å². The first-order valence-corrected chi connectivity index (χ1v) is 18.4. The molecule has 6 aromatic carbocycles. The first-order valence-electron chi connectivity index (χ1n) is 17.6. The van der Waals surface area contributed by atoms with Crippen molar-refractivity contribution in [3.8, 4) is 23.0 Å². The Kier molecular flexibility index (Phi) is 6.42. The summed E-state index contributed by atoms with van der Waals surface area (Å²) in [5, 5.41) is 3.19. The number of anilines is 3. The Bertz CT molecular complexity index is 2670. The van der Waals surface area contributed by atoms with Crippen molar-refractivity contribution in [1.82, 2.24) is 0 Å². The number of aryl methyl sites for hydroxylation is 3. The van der Waals surface area contributed by atoms with Gasteiger partial charge in [0.1, 0.15) is 28.6 Å². The molecule has 2 aromatic heterocycles. The lowest BCUT2D eigenvalue weighted by molar-refractivity contribution is 0.470. The molecule has 0 saturated carbocycles. The van der Waals surface area contributed by atoms with Gasteiger partial charge in [0.15, 0.2) is 5.58 Å². The SMILES string of the molecule is Cc1ccc(N(c2ccc(C)cc2)c2cc3c(c4c2oc2ccccc24)Oc2cc(C)cc4c2B3c2sc3ccc(C(C)(C)C)cc3c2O4)cc1. The van der Waals surface area contributed by atoms with Crippen molar-refractivity contribution in [3.63, 3.8) is 0 Å². The van der Waals surface area contributed by atoms with Gasteiger partial charge in [-0.25, -0.2) is 0 Å². The summed E-state index contributed by atoms with van der Waals surface area (Å²) in [6, 6.07) is 39.3. The molecular formula is C45H36BNO3S. The summed E-state index contributed by atoms with van der Waals surface area (Å²) >= 11 is 1.83. The molecule has 0 atom stereocenters. The van der Waals surface area contributed by atoms with Crippen LogP contribution in [-0.2, 0) is 5.41 Å². The summed E-state index contributed by atoms with van der Waals surface area (Å²) in [5.74, 6) is 3.51. The Labute approximate surface area is 301 Å². The molecule has 0 bridgehead atoms. The maximum atomic E-state index is 7.06. The molecule has 2 aliphatic rings. The van der Waals surface area contributed by atoms with Crippen molar-refractivity contribution in [3.05, 3.63) is 131 Å². The van der Waals surface area contributed by atoms with Crippen molar-refractivity contribution in [2.75, 3.05) is 4.90 Å². The zero-order valence-corrected chi connectivity index (χ0v) is 30.4. The van der Waals surface area contributed by atoms with Crippen LogP contribution in [0.25, 0.3) is 32.0 Å². The molecule has 8 aromatic rings. The molecule has 0 radical (unpaired) electrons. The first-order chi connectivity index (χ1) is 24.6. The average molecular weight is 682 g/mol. The van der Waals surface area contributed by atoms with E-state index in [1.54, 1.807) is 0 Å². The Balaban J connectivity index is 1.32. The maximum absolute atomic E-state index is 7.06. The highest BCUT2D eigenvalue weighted by molar-refractivity contribution is 7.33. The second-order valence-electron chi connectivity index (χ2n) is 15.2. The quantitative estimate of drug-likeness (QED) is 0.174. The second-order valence-corrected chi connectivity index (χ2v) is 16.3. The van der Waals surface area contributed by atoms with E-state index in [0.717, 1.165) is 78.5 Å². The lowest BCUT2D eigenvalue weighted by atomic mass is 9.37. The van der Waals surface area contributed by atoms with Gasteiger partial charge in [0.05, 0.1) is 11.1 Å². The van der Waals surface area contributed by atoms with Crippen LogP contribution in [0.5, 0.6) is 23.0 Å². The van der Waals surface area contributed by atoms with Crippen LogP contribution in [0.1, 0.15) is 43.0 Å². The number of benzene rings is 6. The third kappa shape index (κ3) is 4.59. The van der Waals surface area contributed by atoms with Gasteiger partial charge >= 0.3 is 0 Å². The molecule has 0 fully saturated rings. The Morgan fingerprint density at radius 1 is 0.647 bits per heavy atom. The minimum Gasteiger partial charge on any atom is -0.457 e. The highest BCUT2D eigenvalue weighted by Crippen LogP contribution is 2.49. The summed E-state index contributed by atoms with van der Waals surface area (Å²) in [7, 11) is 0. The molecule has 0 saturated heterocycles. The molecular weight excluding hydrogens is 645 g/mol. The molecule has 4 heterocycles. The fourth-order valence-electron chi connectivity index (χ4n) is 7.87. The number of thiophene rings is 1. The zero-order valence-electron chi connectivity index (χ0n) is 29.5. The number of ether oxygens (including phenoxy) is 2.